The summed E-state index contributed by atoms with van der Waals surface area (Å²) in [6.07, 6.45) is -5.48. The van der Waals surface area contributed by atoms with Crippen LogP contribution in [0, 0.1) is 0 Å². The van der Waals surface area contributed by atoms with Crippen molar-refractivity contribution in [1.82, 2.24) is 0 Å². The molecule has 0 spiro atoms. The first-order chi connectivity index (χ1) is 12.3. The van der Waals surface area contributed by atoms with Gasteiger partial charge in [0.1, 0.15) is 5.75 Å². The molecule has 0 aliphatic heterocycles. The fraction of sp³-hybridized carbons (Fsp3) is 0.235. The van der Waals surface area contributed by atoms with Gasteiger partial charge in [-0.15, -0.1) is 24.8 Å². The van der Waals surface area contributed by atoms with Gasteiger partial charge in [-0.25, -0.2) is 0 Å². The molecule has 0 saturated carbocycles. The van der Waals surface area contributed by atoms with Crippen LogP contribution in [0.1, 0.15) is 10.4 Å². The first-order valence-corrected chi connectivity index (χ1v) is 8.05. The Kier molecular flexibility index (Phi) is 6.70. The number of aliphatic hydroxyl groups is 1. The maximum Gasteiger partial charge on any atom is 0.573 e. The molecule has 2 rings (SSSR count). The van der Waals surface area contributed by atoms with E-state index in [9.17, 15) is 23.1 Å². The maximum absolute atomic E-state index is 12.3. The summed E-state index contributed by atoms with van der Waals surface area (Å²) >= 11 is 5.51. The van der Waals surface area contributed by atoms with Gasteiger partial charge in [-0.1, -0.05) is 6.07 Å². The van der Waals surface area contributed by atoms with Crippen LogP contribution in [-0.4, -0.2) is 35.9 Å². The Morgan fingerprint density at radius 2 is 1.85 bits per heavy atom. The van der Waals surface area contributed by atoms with Crippen LogP contribution in [0.3, 0.4) is 0 Å². The summed E-state index contributed by atoms with van der Waals surface area (Å²) in [4.78, 5) is 12.3. The van der Waals surface area contributed by atoms with Crippen molar-refractivity contribution in [3.63, 3.8) is 0 Å². The molecule has 3 N–H and O–H groups in total. The van der Waals surface area contributed by atoms with E-state index >= 15 is 0 Å². The van der Waals surface area contributed by atoms with Crippen molar-refractivity contribution >= 4 is 28.9 Å². The Bertz CT molecular complexity index is 739. The molecule has 0 fully saturated rings. The van der Waals surface area contributed by atoms with Crippen molar-refractivity contribution in [2.24, 2.45) is 0 Å². The minimum Gasteiger partial charge on any atom is -0.406 e. The molecule has 1 amide bonds. The number of carbonyl (C=O) groups excluding carboxylic acids is 1. The zero-order valence-electron chi connectivity index (χ0n) is 13.4. The molecule has 5 nitrogen and oxygen atoms in total. The van der Waals surface area contributed by atoms with Gasteiger partial charge in [-0.2, -0.15) is 0 Å². The third kappa shape index (κ3) is 6.45. The number of hydrogen-bond donors (Lipinski definition) is 3. The lowest BCUT2D eigenvalue weighted by Crippen LogP contribution is -2.21. The zero-order valence-corrected chi connectivity index (χ0v) is 14.1. The van der Waals surface area contributed by atoms with E-state index in [2.05, 4.69) is 15.4 Å². The lowest BCUT2D eigenvalue weighted by molar-refractivity contribution is -0.274. The molecule has 0 heterocycles. The van der Waals surface area contributed by atoms with E-state index in [1.54, 1.807) is 24.3 Å². The number of amides is 1. The van der Waals surface area contributed by atoms with Gasteiger partial charge < -0.3 is 20.5 Å². The van der Waals surface area contributed by atoms with Gasteiger partial charge in [0, 0.05) is 23.5 Å². The first-order valence-electron chi connectivity index (χ1n) is 7.52. The molecule has 2 aromatic carbocycles. The summed E-state index contributed by atoms with van der Waals surface area (Å²) < 4.78 is 40.1. The third-order valence-electron chi connectivity index (χ3n) is 3.19. The predicted octanol–water partition coefficient (Wildman–Crippen LogP) is 3.85. The highest BCUT2D eigenvalue weighted by molar-refractivity contribution is 6.18. The Balaban J connectivity index is 1.99. The lowest BCUT2D eigenvalue weighted by Gasteiger charge is -2.12. The minimum atomic E-state index is -4.77. The molecule has 2 aromatic rings. The van der Waals surface area contributed by atoms with Gasteiger partial charge in [0.25, 0.3) is 5.91 Å². The Morgan fingerprint density at radius 3 is 2.46 bits per heavy atom. The van der Waals surface area contributed by atoms with Crippen molar-refractivity contribution in [3.8, 4) is 5.75 Å². The smallest absolute Gasteiger partial charge is 0.406 e. The number of ether oxygens (including phenoxy) is 1. The SMILES string of the molecule is O=C(Nc1ccc(OC(F)(F)F)cc1)c1cccc(NCC(O)CCl)c1. The van der Waals surface area contributed by atoms with Crippen LogP contribution in [-0.2, 0) is 0 Å². The molecule has 1 atom stereocenters. The van der Waals surface area contributed by atoms with E-state index in [0.29, 0.717) is 16.9 Å². The molecule has 0 aliphatic carbocycles. The molecule has 0 bridgehead atoms. The lowest BCUT2D eigenvalue weighted by atomic mass is 10.1. The largest absolute Gasteiger partial charge is 0.573 e. The summed E-state index contributed by atoms with van der Waals surface area (Å²) in [5, 5.41) is 15.0. The van der Waals surface area contributed by atoms with Crippen LogP contribution in [0.2, 0.25) is 0 Å². The van der Waals surface area contributed by atoms with Crippen molar-refractivity contribution in [2.45, 2.75) is 12.5 Å². The molecule has 9 heteroatoms. The molecular formula is C17H16ClF3N2O3. The first kappa shape index (κ1) is 19.9. The van der Waals surface area contributed by atoms with Crippen molar-refractivity contribution in [2.75, 3.05) is 23.1 Å². The average Bonchev–Trinajstić information content (AvgIpc) is 2.60. The number of anilines is 2. The predicted molar refractivity (Wildman–Crippen MR) is 92.7 cm³/mol. The number of carbonyl (C=O) groups is 1. The average molecular weight is 389 g/mol. The van der Waals surface area contributed by atoms with Crippen LogP contribution in [0.5, 0.6) is 5.75 Å². The summed E-state index contributed by atoms with van der Waals surface area (Å²) in [7, 11) is 0. The molecule has 0 radical (unpaired) electrons. The Morgan fingerprint density at radius 1 is 1.15 bits per heavy atom. The maximum atomic E-state index is 12.3. The highest BCUT2D eigenvalue weighted by Crippen LogP contribution is 2.24. The topological polar surface area (TPSA) is 70.6 Å². The molecule has 26 heavy (non-hydrogen) atoms. The van der Waals surface area contributed by atoms with E-state index in [0.717, 1.165) is 12.1 Å². The summed E-state index contributed by atoms with van der Waals surface area (Å²) in [5.41, 5.74) is 1.28. The summed E-state index contributed by atoms with van der Waals surface area (Å²) in [5.74, 6) is -0.725. The second-order valence-corrected chi connectivity index (χ2v) is 5.60. The Labute approximate surface area is 152 Å². The zero-order chi connectivity index (χ0) is 19.2. The standard InChI is InChI=1S/C17H16ClF3N2O3/c18-9-14(24)10-22-13-3-1-2-11(8-13)16(25)23-12-4-6-15(7-5-12)26-17(19,20)21/h1-8,14,22,24H,9-10H2,(H,23,25). The number of nitrogens with one attached hydrogen (secondary N) is 2. The van der Waals surface area contributed by atoms with E-state index in [4.69, 9.17) is 11.6 Å². The van der Waals surface area contributed by atoms with Crippen LogP contribution in [0.4, 0.5) is 24.5 Å². The van der Waals surface area contributed by atoms with Gasteiger partial charge in [-0.3, -0.25) is 4.79 Å². The molecule has 0 aliphatic rings. The number of rotatable bonds is 7. The number of benzene rings is 2. The van der Waals surface area contributed by atoms with Crippen molar-refractivity contribution < 1.29 is 27.8 Å². The van der Waals surface area contributed by atoms with E-state index < -0.39 is 18.4 Å². The number of hydrogen-bond acceptors (Lipinski definition) is 4. The van der Waals surface area contributed by atoms with Crippen LogP contribution < -0.4 is 15.4 Å². The van der Waals surface area contributed by atoms with Crippen LogP contribution >= 0.6 is 11.6 Å². The molecule has 140 valence electrons. The number of halogens is 4. The quantitative estimate of drug-likeness (QED) is 0.630. The van der Waals surface area contributed by atoms with E-state index in [1.807, 2.05) is 0 Å². The molecule has 0 aromatic heterocycles. The fourth-order valence-electron chi connectivity index (χ4n) is 2.00. The summed E-state index contributed by atoms with van der Waals surface area (Å²) in [6, 6.07) is 11.4. The van der Waals surface area contributed by atoms with Crippen LogP contribution in [0.25, 0.3) is 0 Å². The second-order valence-electron chi connectivity index (χ2n) is 5.30. The van der Waals surface area contributed by atoms with Crippen molar-refractivity contribution in [3.05, 3.63) is 54.1 Å². The number of alkyl halides is 4. The van der Waals surface area contributed by atoms with Gasteiger partial charge in [0.15, 0.2) is 0 Å². The van der Waals surface area contributed by atoms with Crippen molar-refractivity contribution in [1.29, 1.82) is 0 Å². The number of aliphatic hydroxyl groups excluding tert-OH is 1. The third-order valence-corrected chi connectivity index (χ3v) is 3.55. The van der Waals surface area contributed by atoms with Gasteiger partial charge in [0.2, 0.25) is 0 Å². The normalized spacial score (nSPS) is 12.3. The highest BCUT2D eigenvalue weighted by Gasteiger charge is 2.30. The fourth-order valence-corrected chi connectivity index (χ4v) is 2.11. The molecule has 1 unspecified atom stereocenters. The minimum absolute atomic E-state index is 0.0845. The highest BCUT2D eigenvalue weighted by atomic mass is 35.5. The van der Waals surface area contributed by atoms with Gasteiger partial charge >= 0.3 is 6.36 Å². The van der Waals surface area contributed by atoms with Crippen LogP contribution in [0.15, 0.2) is 48.5 Å². The Hall–Kier alpha value is -2.45. The molecule has 0 saturated heterocycles. The monoisotopic (exact) mass is 388 g/mol. The van der Waals surface area contributed by atoms with Gasteiger partial charge in [-0.05, 0) is 42.5 Å². The van der Waals surface area contributed by atoms with E-state index in [1.165, 1.54) is 12.1 Å². The molecular weight excluding hydrogens is 373 g/mol. The summed E-state index contributed by atoms with van der Waals surface area (Å²) in [6.45, 7) is 0.231. The van der Waals surface area contributed by atoms with E-state index in [-0.39, 0.29) is 18.2 Å². The van der Waals surface area contributed by atoms with Gasteiger partial charge in [0.05, 0.1) is 12.0 Å². The second kappa shape index (κ2) is 8.77.